The van der Waals surface area contributed by atoms with E-state index in [1.165, 1.54) is 5.56 Å². The Bertz CT molecular complexity index is 819. The largest absolute Gasteiger partial charge is 0.493 e. The van der Waals surface area contributed by atoms with Crippen molar-refractivity contribution in [2.75, 3.05) is 41.0 Å². The number of rotatable bonds is 7. The Balaban J connectivity index is 1.59. The lowest BCUT2D eigenvalue weighted by Crippen LogP contribution is -2.56. The van der Waals surface area contributed by atoms with E-state index in [2.05, 4.69) is 40.1 Å². The number of aliphatic hydroxyl groups excluding tert-OH is 1. The van der Waals surface area contributed by atoms with Crippen LogP contribution in [0.4, 0.5) is 0 Å². The van der Waals surface area contributed by atoms with Gasteiger partial charge in [-0.1, -0.05) is 30.3 Å². The maximum Gasteiger partial charge on any atom is 0.203 e. The third-order valence-corrected chi connectivity index (χ3v) is 6.34. The van der Waals surface area contributed by atoms with E-state index in [0.717, 1.165) is 44.6 Å². The summed E-state index contributed by atoms with van der Waals surface area (Å²) in [5, 5.41) is 10.2. The zero-order valence-electron chi connectivity index (χ0n) is 18.1. The van der Waals surface area contributed by atoms with Gasteiger partial charge in [0.1, 0.15) is 0 Å². The Hall–Kier alpha value is -2.28. The summed E-state index contributed by atoms with van der Waals surface area (Å²) in [6.07, 6.45) is 1.63. The number of benzene rings is 2. The fourth-order valence-electron chi connectivity index (χ4n) is 4.91. The highest BCUT2D eigenvalue weighted by Crippen LogP contribution is 2.39. The fraction of sp³-hybridized carbons (Fsp3) is 0.500. The first kappa shape index (κ1) is 21.0. The Labute approximate surface area is 179 Å². The van der Waals surface area contributed by atoms with E-state index in [1.807, 2.05) is 12.1 Å². The Morgan fingerprint density at radius 3 is 2.23 bits per heavy atom. The Kier molecular flexibility index (Phi) is 6.46. The second-order valence-electron chi connectivity index (χ2n) is 8.30. The van der Waals surface area contributed by atoms with Crippen molar-refractivity contribution in [1.29, 1.82) is 0 Å². The van der Waals surface area contributed by atoms with Crippen molar-refractivity contribution in [3.05, 3.63) is 53.6 Å². The van der Waals surface area contributed by atoms with Gasteiger partial charge in [0.2, 0.25) is 5.75 Å². The molecule has 0 aliphatic carbocycles. The van der Waals surface area contributed by atoms with Crippen molar-refractivity contribution in [3.63, 3.8) is 0 Å². The van der Waals surface area contributed by atoms with E-state index in [4.69, 9.17) is 14.2 Å². The SMILES string of the molecule is COc1cc(CN2C[C@@H]3C[C@@H](O)CN3C[C@H]2Cc2ccccc2)cc(OC)c1OC. The van der Waals surface area contributed by atoms with Crippen LogP contribution in [0.1, 0.15) is 17.5 Å². The minimum atomic E-state index is -0.214. The lowest BCUT2D eigenvalue weighted by molar-refractivity contribution is 0.0444. The first-order valence-corrected chi connectivity index (χ1v) is 10.6. The summed E-state index contributed by atoms with van der Waals surface area (Å²) >= 11 is 0. The van der Waals surface area contributed by atoms with Gasteiger partial charge in [0.25, 0.3) is 0 Å². The van der Waals surface area contributed by atoms with Crippen LogP contribution in [0.2, 0.25) is 0 Å². The summed E-state index contributed by atoms with van der Waals surface area (Å²) in [6, 6.07) is 15.5. The standard InChI is InChI=1S/C24H32N2O4/c1-28-22-10-18(11-23(29-2)24(22)30-3)13-25-15-20-12-21(27)16-26(20)14-19(25)9-17-7-5-4-6-8-17/h4-8,10-11,19-21,27H,9,12-16H2,1-3H3/t19-,20+,21-/m1/s1. The van der Waals surface area contributed by atoms with E-state index in [0.29, 0.717) is 29.3 Å². The topological polar surface area (TPSA) is 54.4 Å². The maximum atomic E-state index is 10.2. The number of piperazine rings is 1. The van der Waals surface area contributed by atoms with Crippen LogP contribution in [0, 0.1) is 0 Å². The smallest absolute Gasteiger partial charge is 0.203 e. The van der Waals surface area contributed by atoms with Crippen LogP contribution in [0.25, 0.3) is 0 Å². The lowest BCUT2D eigenvalue weighted by Gasteiger charge is -2.44. The highest BCUT2D eigenvalue weighted by Gasteiger charge is 2.39. The molecule has 2 heterocycles. The fourth-order valence-corrected chi connectivity index (χ4v) is 4.91. The van der Waals surface area contributed by atoms with Gasteiger partial charge in [-0.15, -0.1) is 0 Å². The van der Waals surface area contributed by atoms with Crippen molar-refractivity contribution >= 4 is 0 Å². The molecule has 0 saturated carbocycles. The third kappa shape index (κ3) is 4.41. The summed E-state index contributed by atoms with van der Waals surface area (Å²) in [5.74, 6) is 1.98. The quantitative estimate of drug-likeness (QED) is 0.755. The van der Waals surface area contributed by atoms with Gasteiger partial charge in [0.15, 0.2) is 11.5 Å². The number of aliphatic hydroxyl groups is 1. The molecule has 6 nitrogen and oxygen atoms in total. The van der Waals surface area contributed by atoms with Gasteiger partial charge >= 0.3 is 0 Å². The van der Waals surface area contributed by atoms with E-state index < -0.39 is 0 Å². The van der Waals surface area contributed by atoms with Crippen LogP contribution in [0.5, 0.6) is 17.2 Å². The van der Waals surface area contributed by atoms with Gasteiger partial charge in [0, 0.05) is 38.3 Å². The molecule has 0 spiro atoms. The zero-order valence-corrected chi connectivity index (χ0v) is 18.1. The zero-order chi connectivity index (χ0) is 21.1. The molecule has 3 atom stereocenters. The summed E-state index contributed by atoms with van der Waals surface area (Å²) in [6.45, 7) is 3.51. The van der Waals surface area contributed by atoms with Crippen LogP contribution in [0.15, 0.2) is 42.5 Å². The molecular formula is C24H32N2O4. The summed E-state index contributed by atoms with van der Waals surface area (Å²) in [7, 11) is 4.93. The number of hydrogen-bond donors (Lipinski definition) is 1. The molecule has 0 radical (unpaired) electrons. The number of ether oxygens (including phenoxy) is 3. The van der Waals surface area contributed by atoms with Crippen LogP contribution in [-0.2, 0) is 13.0 Å². The first-order chi connectivity index (χ1) is 14.6. The second kappa shape index (κ2) is 9.25. The van der Waals surface area contributed by atoms with Gasteiger partial charge in [-0.05, 0) is 36.1 Å². The minimum Gasteiger partial charge on any atom is -0.493 e. The van der Waals surface area contributed by atoms with Gasteiger partial charge < -0.3 is 19.3 Å². The molecule has 6 heteroatoms. The average molecular weight is 413 g/mol. The number of nitrogens with zero attached hydrogens (tertiary/aromatic N) is 2. The summed E-state index contributed by atoms with van der Waals surface area (Å²) in [4.78, 5) is 5.01. The molecule has 4 rings (SSSR count). The van der Waals surface area contributed by atoms with Crippen LogP contribution in [-0.4, -0.2) is 74.1 Å². The second-order valence-corrected chi connectivity index (χ2v) is 8.30. The summed E-state index contributed by atoms with van der Waals surface area (Å²) in [5.41, 5.74) is 2.48. The predicted octanol–water partition coefficient (Wildman–Crippen LogP) is 2.57. The van der Waals surface area contributed by atoms with Gasteiger partial charge in [-0.25, -0.2) is 0 Å². The molecule has 162 valence electrons. The van der Waals surface area contributed by atoms with Crippen LogP contribution < -0.4 is 14.2 Å². The normalized spacial score (nSPS) is 24.5. The number of hydrogen-bond acceptors (Lipinski definition) is 6. The molecule has 2 aliphatic rings. The Morgan fingerprint density at radius 2 is 1.60 bits per heavy atom. The molecule has 2 aliphatic heterocycles. The monoisotopic (exact) mass is 412 g/mol. The van der Waals surface area contributed by atoms with Crippen molar-refractivity contribution < 1.29 is 19.3 Å². The van der Waals surface area contributed by atoms with Gasteiger partial charge in [-0.2, -0.15) is 0 Å². The molecule has 0 aromatic heterocycles. The molecule has 2 aromatic rings. The predicted molar refractivity (Wildman–Crippen MR) is 116 cm³/mol. The molecule has 2 saturated heterocycles. The van der Waals surface area contributed by atoms with E-state index in [-0.39, 0.29) is 6.10 Å². The maximum absolute atomic E-state index is 10.2. The molecule has 1 N–H and O–H groups in total. The molecule has 2 fully saturated rings. The van der Waals surface area contributed by atoms with Crippen LogP contribution >= 0.6 is 0 Å². The van der Waals surface area contributed by atoms with Crippen molar-refractivity contribution in [2.24, 2.45) is 0 Å². The van der Waals surface area contributed by atoms with Gasteiger partial charge in [0.05, 0.1) is 27.4 Å². The minimum absolute atomic E-state index is 0.214. The molecule has 0 amide bonds. The first-order valence-electron chi connectivity index (χ1n) is 10.6. The number of methoxy groups -OCH3 is 3. The summed E-state index contributed by atoms with van der Waals surface area (Å²) < 4.78 is 16.6. The molecular weight excluding hydrogens is 380 g/mol. The lowest BCUT2D eigenvalue weighted by atomic mass is 9.99. The van der Waals surface area contributed by atoms with E-state index >= 15 is 0 Å². The Morgan fingerprint density at radius 1 is 0.900 bits per heavy atom. The molecule has 0 unspecified atom stereocenters. The number of fused-ring (bicyclic) bond motifs is 1. The van der Waals surface area contributed by atoms with Crippen molar-refractivity contribution in [1.82, 2.24) is 9.80 Å². The highest BCUT2D eigenvalue weighted by molar-refractivity contribution is 5.53. The highest BCUT2D eigenvalue weighted by atomic mass is 16.5. The van der Waals surface area contributed by atoms with E-state index in [9.17, 15) is 5.11 Å². The third-order valence-electron chi connectivity index (χ3n) is 6.34. The molecule has 0 bridgehead atoms. The van der Waals surface area contributed by atoms with Crippen molar-refractivity contribution in [2.45, 2.75) is 37.6 Å². The van der Waals surface area contributed by atoms with Crippen LogP contribution in [0.3, 0.4) is 0 Å². The van der Waals surface area contributed by atoms with Gasteiger partial charge in [-0.3, -0.25) is 9.80 Å². The molecule has 30 heavy (non-hydrogen) atoms. The molecule has 2 aromatic carbocycles. The van der Waals surface area contributed by atoms with Crippen molar-refractivity contribution in [3.8, 4) is 17.2 Å². The average Bonchev–Trinajstić information content (AvgIpc) is 3.12. The van der Waals surface area contributed by atoms with E-state index in [1.54, 1.807) is 21.3 Å².